The van der Waals surface area contributed by atoms with E-state index in [0.717, 1.165) is 0 Å². The van der Waals surface area contributed by atoms with Gasteiger partial charge in [-0.25, -0.2) is 9.07 Å². The Balaban J connectivity index is 1.92. The number of halogens is 1. The van der Waals surface area contributed by atoms with Crippen molar-refractivity contribution in [1.29, 1.82) is 0 Å². The van der Waals surface area contributed by atoms with Crippen molar-refractivity contribution in [3.05, 3.63) is 71.3 Å². The third kappa shape index (κ3) is 5.25. The highest BCUT2D eigenvalue weighted by Gasteiger charge is 2.21. The molecular formula is C22H20FN5O3. The van der Waals surface area contributed by atoms with E-state index in [2.05, 4.69) is 26.9 Å². The minimum atomic E-state index is -0.513. The molecule has 2 amide bonds. The molecule has 9 heteroatoms. The number of amides is 2. The maximum atomic E-state index is 13.5. The summed E-state index contributed by atoms with van der Waals surface area (Å²) >= 11 is 0. The highest BCUT2D eigenvalue weighted by atomic mass is 19.1. The molecule has 0 unspecified atom stereocenters. The van der Waals surface area contributed by atoms with Crippen molar-refractivity contribution in [2.45, 2.75) is 13.5 Å². The molecule has 1 aromatic heterocycles. The standard InChI is InChI=1S/C22H20FN5O3/c1-3-12-25-22(30)20-19(14-31-18-7-5-6-16(23)13-18)28(27-26-20)17-10-8-15(9-11-17)21(29)24-4-2/h1,5-11,13H,4,12,14H2,2H3,(H,24,29)(H,25,30). The van der Waals surface area contributed by atoms with E-state index >= 15 is 0 Å². The number of carbonyl (C=O) groups excluding carboxylic acids is 2. The number of ether oxygens (including phenoxy) is 1. The van der Waals surface area contributed by atoms with Gasteiger partial charge in [0.15, 0.2) is 5.69 Å². The second-order valence-electron chi connectivity index (χ2n) is 6.34. The summed E-state index contributed by atoms with van der Waals surface area (Å²) in [5.41, 5.74) is 1.41. The van der Waals surface area contributed by atoms with Crippen LogP contribution >= 0.6 is 0 Å². The van der Waals surface area contributed by atoms with Crippen LogP contribution in [0.15, 0.2) is 48.5 Å². The second-order valence-corrected chi connectivity index (χ2v) is 6.34. The number of terminal acetylenes is 1. The van der Waals surface area contributed by atoms with Crippen LogP contribution in [-0.2, 0) is 6.61 Å². The Bertz CT molecular complexity index is 1120. The fourth-order valence-corrected chi connectivity index (χ4v) is 2.76. The second kappa shape index (κ2) is 10.0. The van der Waals surface area contributed by atoms with Crippen LogP contribution in [0.1, 0.15) is 33.5 Å². The third-order valence-electron chi connectivity index (χ3n) is 4.21. The lowest BCUT2D eigenvalue weighted by Gasteiger charge is -2.11. The van der Waals surface area contributed by atoms with Gasteiger partial charge in [0.05, 0.1) is 12.2 Å². The number of carbonyl (C=O) groups is 2. The Morgan fingerprint density at radius 1 is 1.16 bits per heavy atom. The average Bonchev–Trinajstić information content (AvgIpc) is 3.20. The summed E-state index contributed by atoms with van der Waals surface area (Å²) < 4.78 is 20.5. The maximum absolute atomic E-state index is 13.5. The lowest BCUT2D eigenvalue weighted by atomic mass is 10.2. The Kier molecular flexibility index (Phi) is 6.96. The Morgan fingerprint density at radius 3 is 2.61 bits per heavy atom. The molecule has 0 fully saturated rings. The molecule has 158 valence electrons. The average molecular weight is 421 g/mol. The van der Waals surface area contributed by atoms with Gasteiger partial charge in [0.2, 0.25) is 0 Å². The topological polar surface area (TPSA) is 98.1 Å². The predicted octanol–water partition coefficient (Wildman–Crippen LogP) is 2.10. The van der Waals surface area contributed by atoms with Gasteiger partial charge in [0, 0.05) is 18.2 Å². The molecule has 0 bridgehead atoms. The number of nitrogens with one attached hydrogen (secondary N) is 2. The van der Waals surface area contributed by atoms with E-state index in [1.165, 1.54) is 22.9 Å². The molecule has 3 aromatic rings. The van der Waals surface area contributed by atoms with Crippen LogP contribution in [0.4, 0.5) is 4.39 Å². The highest BCUT2D eigenvalue weighted by Crippen LogP contribution is 2.18. The molecule has 0 radical (unpaired) electrons. The van der Waals surface area contributed by atoms with Crippen molar-refractivity contribution in [3.63, 3.8) is 0 Å². The molecule has 0 atom stereocenters. The van der Waals surface area contributed by atoms with Crippen LogP contribution in [0.2, 0.25) is 0 Å². The van der Waals surface area contributed by atoms with Crippen LogP contribution in [0.3, 0.4) is 0 Å². The minimum absolute atomic E-state index is 0.0249. The Morgan fingerprint density at radius 2 is 1.94 bits per heavy atom. The van der Waals surface area contributed by atoms with E-state index in [1.54, 1.807) is 30.3 Å². The molecule has 0 aliphatic heterocycles. The van der Waals surface area contributed by atoms with Crippen LogP contribution in [0, 0.1) is 18.2 Å². The zero-order valence-electron chi connectivity index (χ0n) is 16.8. The molecule has 3 rings (SSSR count). The van der Waals surface area contributed by atoms with Crippen molar-refractivity contribution in [2.75, 3.05) is 13.1 Å². The first-order valence-corrected chi connectivity index (χ1v) is 9.46. The quantitative estimate of drug-likeness (QED) is 0.543. The smallest absolute Gasteiger partial charge is 0.274 e. The summed E-state index contributed by atoms with van der Waals surface area (Å²) in [6, 6.07) is 12.3. The molecule has 0 saturated heterocycles. The van der Waals surface area contributed by atoms with Crippen LogP contribution in [0.25, 0.3) is 5.69 Å². The van der Waals surface area contributed by atoms with Crippen molar-refractivity contribution >= 4 is 11.8 Å². The number of nitrogens with zero attached hydrogens (tertiary/aromatic N) is 3. The lowest BCUT2D eigenvalue weighted by molar-refractivity contribution is 0.0945. The first-order chi connectivity index (χ1) is 15.0. The fraction of sp³-hybridized carbons (Fsp3) is 0.182. The van der Waals surface area contributed by atoms with Crippen molar-refractivity contribution in [3.8, 4) is 23.8 Å². The monoisotopic (exact) mass is 421 g/mol. The molecule has 31 heavy (non-hydrogen) atoms. The molecule has 2 aromatic carbocycles. The first-order valence-electron chi connectivity index (χ1n) is 9.46. The number of hydrogen-bond acceptors (Lipinski definition) is 5. The summed E-state index contributed by atoms with van der Waals surface area (Å²) in [6.45, 7) is 2.27. The largest absolute Gasteiger partial charge is 0.487 e. The van der Waals surface area contributed by atoms with Gasteiger partial charge in [-0.2, -0.15) is 0 Å². The Labute approximate surface area is 178 Å². The summed E-state index contributed by atoms with van der Waals surface area (Å²) in [6.07, 6.45) is 5.20. The summed E-state index contributed by atoms with van der Waals surface area (Å²) in [4.78, 5) is 24.4. The highest BCUT2D eigenvalue weighted by molar-refractivity contribution is 5.94. The SMILES string of the molecule is C#CCNC(=O)c1nnn(-c2ccc(C(=O)NCC)cc2)c1COc1cccc(F)c1. The molecule has 0 saturated carbocycles. The van der Waals surface area contributed by atoms with Crippen LogP contribution in [-0.4, -0.2) is 39.9 Å². The van der Waals surface area contributed by atoms with Gasteiger partial charge in [0.25, 0.3) is 11.8 Å². The molecule has 1 heterocycles. The van der Waals surface area contributed by atoms with Gasteiger partial charge < -0.3 is 15.4 Å². The Hall–Kier alpha value is -4.19. The summed E-state index contributed by atoms with van der Waals surface area (Å²) in [5, 5.41) is 13.3. The van der Waals surface area contributed by atoms with E-state index in [9.17, 15) is 14.0 Å². The van der Waals surface area contributed by atoms with Gasteiger partial charge >= 0.3 is 0 Å². The van der Waals surface area contributed by atoms with E-state index in [4.69, 9.17) is 11.2 Å². The molecule has 0 aliphatic rings. The lowest BCUT2D eigenvalue weighted by Crippen LogP contribution is -2.25. The minimum Gasteiger partial charge on any atom is -0.487 e. The van der Waals surface area contributed by atoms with Gasteiger partial charge in [-0.3, -0.25) is 9.59 Å². The number of hydrogen-bond donors (Lipinski definition) is 2. The van der Waals surface area contributed by atoms with Gasteiger partial charge in [-0.05, 0) is 43.3 Å². The zero-order chi connectivity index (χ0) is 22.2. The van der Waals surface area contributed by atoms with E-state index in [0.29, 0.717) is 23.5 Å². The van der Waals surface area contributed by atoms with Crippen LogP contribution < -0.4 is 15.4 Å². The maximum Gasteiger partial charge on any atom is 0.274 e. The van der Waals surface area contributed by atoms with E-state index < -0.39 is 11.7 Å². The first kappa shape index (κ1) is 21.5. The van der Waals surface area contributed by atoms with Crippen molar-refractivity contribution in [2.24, 2.45) is 0 Å². The fourth-order valence-electron chi connectivity index (χ4n) is 2.76. The normalized spacial score (nSPS) is 10.2. The summed E-state index contributed by atoms with van der Waals surface area (Å²) in [5.74, 6) is 1.45. The van der Waals surface area contributed by atoms with Crippen molar-refractivity contribution < 1.29 is 18.7 Å². The molecule has 0 spiro atoms. The molecule has 0 aliphatic carbocycles. The van der Waals surface area contributed by atoms with Gasteiger partial charge in [0.1, 0.15) is 23.9 Å². The van der Waals surface area contributed by atoms with Crippen molar-refractivity contribution in [1.82, 2.24) is 25.6 Å². The predicted molar refractivity (Wildman–Crippen MR) is 111 cm³/mol. The van der Waals surface area contributed by atoms with E-state index in [1.807, 2.05) is 6.92 Å². The molecule has 2 N–H and O–H groups in total. The number of benzene rings is 2. The van der Waals surface area contributed by atoms with Gasteiger partial charge in [-0.1, -0.05) is 17.2 Å². The van der Waals surface area contributed by atoms with E-state index in [-0.39, 0.29) is 30.5 Å². The number of rotatable bonds is 8. The molecule has 8 nitrogen and oxygen atoms in total. The molecular weight excluding hydrogens is 401 g/mol. The zero-order valence-corrected chi connectivity index (χ0v) is 16.8. The van der Waals surface area contributed by atoms with Gasteiger partial charge in [-0.15, -0.1) is 11.5 Å². The van der Waals surface area contributed by atoms with Crippen LogP contribution in [0.5, 0.6) is 5.75 Å². The number of aromatic nitrogens is 3. The summed E-state index contributed by atoms with van der Waals surface area (Å²) in [7, 11) is 0. The third-order valence-corrected chi connectivity index (χ3v) is 4.21.